The summed E-state index contributed by atoms with van der Waals surface area (Å²) in [6.45, 7) is 1.77. The third-order valence-corrected chi connectivity index (χ3v) is 3.36. The van der Waals surface area contributed by atoms with Gasteiger partial charge in [0.15, 0.2) is 0 Å². The zero-order valence-electron chi connectivity index (χ0n) is 11.0. The van der Waals surface area contributed by atoms with E-state index in [4.69, 9.17) is 0 Å². The lowest BCUT2D eigenvalue weighted by Gasteiger charge is -2.11. The topological polar surface area (TPSA) is 17.1 Å². The van der Waals surface area contributed by atoms with Crippen LogP contribution in [0, 0.1) is 5.82 Å². The number of hydrogen-bond donors (Lipinski definition) is 0. The average Bonchev–Trinajstić information content (AvgIpc) is 2.45. The molecule has 0 saturated carbocycles. The third-order valence-electron chi connectivity index (χ3n) is 3.36. The second-order valence-electron chi connectivity index (χ2n) is 4.70. The zero-order valence-corrected chi connectivity index (χ0v) is 11.0. The zero-order chi connectivity index (χ0) is 13.7. The Labute approximate surface area is 113 Å². The Kier molecular flexibility index (Phi) is 4.45. The molecule has 1 unspecified atom stereocenters. The van der Waals surface area contributed by atoms with Gasteiger partial charge in [-0.05, 0) is 23.6 Å². The second kappa shape index (κ2) is 6.28. The minimum atomic E-state index is -0.384. The summed E-state index contributed by atoms with van der Waals surface area (Å²) in [4.78, 5) is 12.1. The Bertz CT molecular complexity index is 548. The summed E-state index contributed by atoms with van der Waals surface area (Å²) < 4.78 is 13.6. The number of aryl methyl sites for hydroxylation is 1. The van der Waals surface area contributed by atoms with E-state index in [-0.39, 0.29) is 17.5 Å². The largest absolute Gasteiger partial charge is 0.299 e. The van der Waals surface area contributed by atoms with Crippen LogP contribution in [0.1, 0.15) is 30.4 Å². The van der Waals surface area contributed by atoms with E-state index >= 15 is 0 Å². The van der Waals surface area contributed by atoms with Crippen molar-refractivity contribution >= 4 is 5.78 Å². The Morgan fingerprint density at radius 2 is 1.68 bits per heavy atom. The molecule has 0 aliphatic heterocycles. The first-order valence-electron chi connectivity index (χ1n) is 6.49. The molecule has 1 atom stereocenters. The quantitative estimate of drug-likeness (QED) is 0.786. The first-order valence-corrected chi connectivity index (χ1v) is 6.49. The number of carbonyl (C=O) groups is 1. The van der Waals surface area contributed by atoms with Crippen LogP contribution in [0.5, 0.6) is 0 Å². The molecule has 0 aliphatic rings. The van der Waals surface area contributed by atoms with Crippen molar-refractivity contribution in [2.24, 2.45) is 0 Å². The Morgan fingerprint density at radius 3 is 2.37 bits per heavy atom. The molecule has 0 fully saturated rings. The van der Waals surface area contributed by atoms with Gasteiger partial charge in [0, 0.05) is 12.3 Å². The molecule has 0 N–H and O–H groups in total. The summed E-state index contributed by atoms with van der Waals surface area (Å²) in [5.74, 6) is -0.609. The Hall–Kier alpha value is -1.96. The molecule has 1 nitrogen and oxygen atoms in total. The van der Waals surface area contributed by atoms with Gasteiger partial charge < -0.3 is 0 Å². The van der Waals surface area contributed by atoms with Crippen LogP contribution in [0.2, 0.25) is 0 Å². The van der Waals surface area contributed by atoms with Gasteiger partial charge in [-0.25, -0.2) is 4.39 Å². The fourth-order valence-electron chi connectivity index (χ4n) is 2.13. The maximum Gasteiger partial charge on any atom is 0.140 e. The van der Waals surface area contributed by atoms with Gasteiger partial charge in [0.05, 0.1) is 0 Å². The van der Waals surface area contributed by atoms with E-state index in [9.17, 15) is 9.18 Å². The van der Waals surface area contributed by atoms with Crippen LogP contribution in [0.3, 0.4) is 0 Å². The van der Waals surface area contributed by atoms with Gasteiger partial charge in [-0.3, -0.25) is 4.79 Å². The molecule has 98 valence electrons. The van der Waals surface area contributed by atoms with E-state index in [0.29, 0.717) is 18.4 Å². The monoisotopic (exact) mass is 256 g/mol. The van der Waals surface area contributed by atoms with E-state index in [1.807, 2.05) is 30.3 Å². The summed E-state index contributed by atoms with van der Waals surface area (Å²) in [6.07, 6.45) is 1.15. The van der Waals surface area contributed by atoms with E-state index in [1.165, 1.54) is 6.07 Å². The van der Waals surface area contributed by atoms with Crippen molar-refractivity contribution in [3.63, 3.8) is 0 Å². The highest BCUT2D eigenvalue weighted by atomic mass is 19.1. The van der Waals surface area contributed by atoms with Crippen LogP contribution in [-0.4, -0.2) is 5.78 Å². The molecular weight excluding hydrogens is 239 g/mol. The van der Waals surface area contributed by atoms with Crippen molar-refractivity contribution in [3.05, 3.63) is 71.5 Å². The van der Waals surface area contributed by atoms with Crippen LogP contribution >= 0.6 is 0 Å². The van der Waals surface area contributed by atoms with Gasteiger partial charge in [0.2, 0.25) is 0 Å². The number of benzene rings is 2. The van der Waals surface area contributed by atoms with E-state index < -0.39 is 0 Å². The van der Waals surface area contributed by atoms with E-state index in [0.717, 1.165) is 5.56 Å². The summed E-state index contributed by atoms with van der Waals surface area (Å²) in [6, 6.07) is 16.4. The molecule has 0 amide bonds. The number of hydrogen-bond acceptors (Lipinski definition) is 1. The summed E-state index contributed by atoms with van der Waals surface area (Å²) >= 11 is 0. The van der Waals surface area contributed by atoms with Gasteiger partial charge in [0.1, 0.15) is 11.6 Å². The van der Waals surface area contributed by atoms with Gasteiger partial charge in [-0.15, -0.1) is 0 Å². The number of carbonyl (C=O) groups excluding carboxylic acids is 1. The predicted molar refractivity (Wildman–Crippen MR) is 74.6 cm³/mol. The van der Waals surface area contributed by atoms with Gasteiger partial charge in [-0.1, -0.05) is 55.5 Å². The lowest BCUT2D eigenvalue weighted by Crippen LogP contribution is -2.11. The van der Waals surface area contributed by atoms with Crippen molar-refractivity contribution in [2.75, 3.05) is 0 Å². The summed E-state index contributed by atoms with van der Waals surface area (Å²) in [5, 5.41) is 0. The molecule has 2 rings (SSSR count). The highest BCUT2D eigenvalue weighted by molar-refractivity contribution is 5.85. The normalized spacial score (nSPS) is 12.1. The summed E-state index contributed by atoms with van der Waals surface area (Å²) in [5.41, 5.74) is 1.62. The number of Topliss-reactive ketones (excluding diaryl/α,β-unsaturated/α-hetero) is 1. The van der Waals surface area contributed by atoms with Crippen molar-refractivity contribution in [1.29, 1.82) is 0 Å². The van der Waals surface area contributed by atoms with Gasteiger partial charge in [0.25, 0.3) is 0 Å². The number of ketones is 1. The maximum absolute atomic E-state index is 13.6. The van der Waals surface area contributed by atoms with Crippen molar-refractivity contribution in [3.8, 4) is 0 Å². The number of halogens is 1. The van der Waals surface area contributed by atoms with Crippen LogP contribution in [0.4, 0.5) is 4.39 Å². The minimum Gasteiger partial charge on any atom is -0.299 e. The minimum absolute atomic E-state index is 0.0777. The van der Waals surface area contributed by atoms with Gasteiger partial charge >= 0.3 is 0 Å². The van der Waals surface area contributed by atoms with Crippen molar-refractivity contribution in [1.82, 2.24) is 0 Å². The molecule has 2 heteroatoms. The molecular formula is C17H17FO. The smallest absolute Gasteiger partial charge is 0.140 e. The van der Waals surface area contributed by atoms with Crippen molar-refractivity contribution < 1.29 is 9.18 Å². The lowest BCUT2D eigenvalue weighted by atomic mass is 9.92. The lowest BCUT2D eigenvalue weighted by molar-refractivity contribution is -0.120. The molecule has 0 aromatic heterocycles. The molecule has 0 saturated heterocycles. The number of rotatable bonds is 5. The second-order valence-corrected chi connectivity index (χ2v) is 4.70. The van der Waals surface area contributed by atoms with Crippen LogP contribution < -0.4 is 0 Å². The fourth-order valence-corrected chi connectivity index (χ4v) is 2.13. The third kappa shape index (κ3) is 3.50. The standard InChI is InChI=1S/C17H17FO/c1-13(15-9-5-6-10-16(15)18)17(19)12-11-14-7-3-2-4-8-14/h2-10,13H,11-12H2,1H3. The van der Waals surface area contributed by atoms with Crippen molar-refractivity contribution in [2.45, 2.75) is 25.7 Å². The maximum atomic E-state index is 13.6. The molecule has 0 aliphatic carbocycles. The first-order chi connectivity index (χ1) is 9.18. The van der Waals surface area contributed by atoms with E-state index in [1.54, 1.807) is 25.1 Å². The van der Waals surface area contributed by atoms with E-state index in [2.05, 4.69) is 0 Å². The molecule has 19 heavy (non-hydrogen) atoms. The highest BCUT2D eigenvalue weighted by Gasteiger charge is 2.17. The van der Waals surface area contributed by atoms with Crippen LogP contribution in [0.25, 0.3) is 0 Å². The predicted octanol–water partition coefficient (Wildman–Crippen LogP) is 4.13. The fraction of sp³-hybridized carbons (Fsp3) is 0.235. The molecule has 0 spiro atoms. The van der Waals surface area contributed by atoms with Crippen LogP contribution in [0.15, 0.2) is 54.6 Å². The first kappa shape index (κ1) is 13.5. The SMILES string of the molecule is CC(C(=O)CCc1ccccc1)c1ccccc1F. The summed E-state index contributed by atoms with van der Waals surface area (Å²) in [7, 11) is 0. The molecule has 2 aromatic rings. The Balaban J connectivity index is 1.99. The highest BCUT2D eigenvalue weighted by Crippen LogP contribution is 2.21. The molecule has 0 bridgehead atoms. The average molecular weight is 256 g/mol. The molecule has 2 aromatic carbocycles. The van der Waals surface area contributed by atoms with Crippen LogP contribution in [-0.2, 0) is 11.2 Å². The molecule has 0 heterocycles. The Morgan fingerprint density at radius 1 is 1.05 bits per heavy atom. The molecule has 0 radical (unpaired) electrons. The van der Waals surface area contributed by atoms with Gasteiger partial charge in [-0.2, -0.15) is 0 Å².